The molecule has 0 saturated heterocycles. The average Bonchev–Trinajstić information content (AvgIpc) is 2.12. The molecule has 3 N–H and O–H groups in total. The minimum Gasteiger partial charge on any atom is -0.390 e. The molecule has 0 aromatic rings. The Morgan fingerprint density at radius 2 is 1.83 bits per heavy atom. The molecule has 0 spiro atoms. The Morgan fingerprint density at radius 1 is 1.33 bits per heavy atom. The summed E-state index contributed by atoms with van der Waals surface area (Å²) in [5.41, 5.74) is 0. The van der Waals surface area contributed by atoms with E-state index >= 15 is 0 Å². The van der Waals surface area contributed by atoms with Crippen molar-refractivity contribution in [3.05, 3.63) is 0 Å². The van der Waals surface area contributed by atoms with Gasteiger partial charge in [0.1, 0.15) is 12.2 Å². The van der Waals surface area contributed by atoms with Crippen molar-refractivity contribution in [2.75, 3.05) is 5.88 Å². The minimum absolute atomic E-state index is 0.140. The molecule has 0 unspecified atom stereocenters. The zero-order valence-electron chi connectivity index (χ0n) is 6.10. The van der Waals surface area contributed by atoms with Gasteiger partial charge in [-0.05, 0) is 0 Å². The van der Waals surface area contributed by atoms with Gasteiger partial charge in [-0.3, -0.25) is 0 Å². The standard InChI is InChI=1S/C6H10Cl2O4/c7-1-3(10)5(8)6(12)4(11)2-9/h2-6,10-12H,1H2/t3-,4+,5+,6+/m0/s1. The molecule has 0 fully saturated rings. The van der Waals surface area contributed by atoms with Gasteiger partial charge < -0.3 is 20.1 Å². The second-order valence-electron chi connectivity index (χ2n) is 2.28. The zero-order chi connectivity index (χ0) is 9.72. The SMILES string of the molecule is O=C[C@@H](O)[C@@H](O)[C@H](Cl)[C@@H](O)CCl. The lowest BCUT2D eigenvalue weighted by Gasteiger charge is -2.21. The minimum atomic E-state index is -1.59. The summed E-state index contributed by atoms with van der Waals surface area (Å²) in [5.74, 6) is -0.170. The van der Waals surface area contributed by atoms with Gasteiger partial charge >= 0.3 is 0 Å². The molecule has 0 amide bonds. The summed E-state index contributed by atoms with van der Waals surface area (Å²) in [6.07, 6.45) is -4.11. The third-order valence-corrected chi connectivity index (χ3v) is 2.21. The summed E-state index contributed by atoms with van der Waals surface area (Å²) in [4.78, 5) is 9.98. The number of alkyl halides is 2. The largest absolute Gasteiger partial charge is 0.390 e. The van der Waals surface area contributed by atoms with Crippen LogP contribution in [-0.2, 0) is 4.79 Å². The van der Waals surface area contributed by atoms with Crippen LogP contribution in [0.4, 0.5) is 0 Å². The maximum Gasteiger partial charge on any atom is 0.151 e. The van der Waals surface area contributed by atoms with E-state index in [4.69, 9.17) is 38.5 Å². The number of rotatable bonds is 5. The number of carbonyl (C=O) groups excluding carboxylic acids is 1. The summed E-state index contributed by atoms with van der Waals surface area (Å²) < 4.78 is 0. The predicted octanol–water partition coefficient (Wildman–Crippen LogP) is -0.886. The van der Waals surface area contributed by atoms with Crippen molar-refractivity contribution >= 4 is 29.5 Å². The molecule has 4 atom stereocenters. The number of carbonyl (C=O) groups is 1. The third kappa shape index (κ3) is 3.25. The van der Waals surface area contributed by atoms with Crippen LogP contribution < -0.4 is 0 Å². The van der Waals surface area contributed by atoms with E-state index < -0.39 is 23.7 Å². The van der Waals surface area contributed by atoms with Crippen LogP contribution >= 0.6 is 23.2 Å². The fourth-order valence-corrected chi connectivity index (χ4v) is 1.10. The van der Waals surface area contributed by atoms with Crippen LogP contribution in [0.15, 0.2) is 0 Å². The molecule has 0 aromatic heterocycles. The van der Waals surface area contributed by atoms with Crippen molar-refractivity contribution in [3.63, 3.8) is 0 Å². The predicted molar refractivity (Wildman–Crippen MR) is 44.4 cm³/mol. The molecule has 0 radical (unpaired) electrons. The van der Waals surface area contributed by atoms with Gasteiger partial charge in [-0.2, -0.15) is 0 Å². The molecule has 4 nitrogen and oxygen atoms in total. The van der Waals surface area contributed by atoms with Crippen molar-refractivity contribution in [2.45, 2.75) is 23.7 Å². The van der Waals surface area contributed by atoms with Crippen LogP contribution in [0.3, 0.4) is 0 Å². The van der Waals surface area contributed by atoms with Gasteiger partial charge in [0.15, 0.2) is 6.29 Å². The zero-order valence-corrected chi connectivity index (χ0v) is 7.61. The molecule has 12 heavy (non-hydrogen) atoms. The van der Waals surface area contributed by atoms with Gasteiger partial charge in [-0.25, -0.2) is 0 Å². The first-order valence-corrected chi connectivity index (χ1v) is 4.21. The van der Waals surface area contributed by atoms with E-state index in [-0.39, 0.29) is 12.2 Å². The molecule has 0 heterocycles. The number of aliphatic hydroxyl groups excluding tert-OH is 3. The van der Waals surface area contributed by atoms with E-state index in [9.17, 15) is 4.79 Å². The highest BCUT2D eigenvalue weighted by molar-refractivity contribution is 6.23. The van der Waals surface area contributed by atoms with E-state index in [0.29, 0.717) is 0 Å². The highest BCUT2D eigenvalue weighted by Crippen LogP contribution is 2.12. The van der Waals surface area contributed by atoms with E-state index in [1.165, 1.54) is 0 Å². The fraction of sp³-hybridized carbons (Fsp3) is 0.833. The lowest BCUT2D eigenvalue weighted by atomic mass is 10.1. The second kappa shape index (κ2) is 5.72. The highest BCUT2D eigenvalue weighted by Gasteiger charge is 2.29. The number of aliphatic hydroxyl groups is 3. The lowest BCUT2D eigenvalue weighted by Crippen LogP contribution is -2.42. The Bertz CT molecular complexity index is 144. The van der Waals surface area contributed by atoms with Crippen molar-refractivity contribution in [3.8, 4) is 0 Å². The summed E-state index contributed by atoms with van der Waals surface area (Å²) in [6, 6.07) is 0. The van der Waals surface area contributed by atoms with Crippen LogP contribution in [-0.4, -0.2) is 51.2 Å². The van der Waals surface area contributed by atoms with Gasteiger partial charge in [0, 0.05) is 5.88 Å². The summed E-state index contributed by atoms with van der Waals surface area (Å²) in [5, 5.41) is 25.7. The Balaban J connectivity index is 4.07. The molecular weight excluding hydrogens is 207 g/mol. The molecule has 0 aliphatic carbocycles. The average molecular weight is 217 g/mol. The van der Waals surface area contributed by atoms with Crippen LogP contribution in [0.5, 0.6) is 0 Å². The van der Waals surface area contributed by atoms with E-state index in [2.05, 4.69) is 0 Å². The number of hydrogen-bond donors (Lipinski definition) is 3. The van der Waals surface area contributed by atoms with Crippen LogP contribution in [0, 0.1) is 0 Å². The monoisotopic (exact) mass is 216 g/mol. The van der Waals surface area contributed by atoms with Gasteiger partial charge in [0.05, 0.1) is 11.5 Å². The first-order chi connectivity index (χ1) is 5.54. The Hall–Kier alpha value is 0.130. The maximum atomic E-state index is 9.98. The smallest absolute Gasteiger partial charge is 0.151 e. The molecule has 0 aliphatic heterocycles. The number of aldehydes is 1. The van der Waals surface area contributed by atoms with Crippen LogP contribution in [0.1, 0.15) is 0 Å². The second-order valence-corrected chi connectivity index (χ2v) is 3.10. The van der Waals surface area contributed by atoms with Crippen molar-refractivity contribution in [1.82, 2.24) is 0 Å². The molecule has 0 rings (SSSR count). The molecule has 0 bridgehead atoms. The lowest BCUT2D eigenvalue weighted by molar-refractivity contribution is -0.120. The number of halogens is 2. The summed E-state index contributed by atoms with van der Waals surface area (Å²) in [7, 11) is 0. The number of hydrogen-bond acceptors (Lipinski definition) is 4. The van der Waals surface area contributed by atoms with Crippen molar-refractivity contribution in [2.24, 2.45) is 0 Å². The molecule has 0 aromatic carbocycles. The fourth-order valence-electron chi connectivity index (χ4n) is 0.582. The highest BCUT2D eigenvalue weighted by atomic mass is 35.5. The van der Waals surface area contributed by atoms with Gasteiger partial charge in [0.2, 0.25) is 0 Å². The van der Waals surface area contributed by atoms with Crippen LogP contribution in [0.25, 0.3) is 0 Å². The van der Waals surface area contributed by atoms with Gasteiger partial charge in [-0.1, -0.05) is 0 Å². The summed E-state index contributed by atoms with van der Waals surface area (Å²) >= 11 is 10.7. The van der Waals surface area contributed by atoms with Gasteiger partial charge in [0.25, 0.3) is 0 Å². The quantitative estimate of drug-likeness (QED) is 0.412. The molecule has 72 valence electrons. The van der Waals surface area contributed by atoms with E-state index in [1.807, 2.05) is 0 Å². The first-order valence-electron chi connectivity index (χ1n) is 3.24. The van der Waals surface area contributed by atoms with E-state index in [1.54, 1.807) is 0 Å². The molecular formula is C6H10Cl2O4. The van der Waals surface area contributed by atoms with Crippen molar-refractivity contribution < 1.29 is 20.1 Å². The Morgan fingerprint density at radius 3 is 2.17 bits per heavy atom. The van der Waals surface area contributed by atoms with Gasteiger partial charge in [-0.15, -0.1) is 23.2 Å². The maximum absolute atomic E-state index is 9.98. The Kier molecular flexibility index (Phi) is 5.78. The van der Waals surface area contributed by atoms with Crippen LogP contribution in [0.2, 0.25) is 0 Å². The van der Waals surface area contributed by atoms with Crippen molar-refractivity contribution in [1.29, 1.82) is 0 Å². The first kappa shape index (κ1) is 12.1. The Labute approximate surface area is 79.7 Å². The molecule has 0 saturated carbocycles. The topological polar surface area (TPSA) is 77.8 Å². The normalized spacial score (nSPS) is 21.1. The van der Waals surface area contributed by atoms with E-state index in [0.717, 1.165) is 0 Å². The molecule has 0 aliphatic rings. The molecule has 6 heteroatoms. The summed E-state index contributed by atoms with van der Waals surface area (Å²) in [6.45, 7) is 0. The third-order valence-electron chi connectivity index (χ3n) is 1.34.